The Bertz CT molecular complexity index is 1290. The van der Waals surface area contributed by atoms with E-state index in [4.69, 9.17) is 0 Å². The van der Waals surface area contributed by atoms with Gasteiger partial charge in [0.2, 0.25) is 0 Å². The monoisotopic (exact) mass is 421 g/mol. The minimum absolute atomic E-state index is 0.836. The second-order valence-electron chi connectivity index (χ2n) is 7.47. The molecule has 0 saturated carbocycles. The van der Waals surface area contributed by atoms with Gasteiger partial charge >= 0.3 is 0 Å². The van der Waals surface area contributed by atoms with Gasteiger partial charge in [0.25, 0.3) is 0 Å². The molecule has 0 saturated heterocycles. The lowest BCUT2D eigenvalue weighted by Crippen LogP contribution is -2.04. The molecule has 1 N–H and O–H groups in total. The second kappa shape index (κ2) is 8.80. The van der Waals surface area contributed by atoms with Crippen LogP contribution in [0.15, 0.2) is 108 Å². The third-order valence-corrected chi connectivity index (χ3v) is 6.34. The lowest BCUT2D eigenvalue weighted by Gasteiger charge is -2.08. The average molecular weight is 422 g/mol. The fourth-order valence-corrected chi connectivity index (χ4v) is 4.76. The summed E-state index contributed by atoms with van der Waals surface area (Å²) in [6.07, 6.45) is 5.93. The van der Waals surface area contributed by atoms with Gasteiger partial charge in [-0.2, -0.15) is 0 Å². The summed E-state index contributed by atoms with van der Waals surface area (Å²) in [5.41, 5.74) is 7.41. The molecule has 2 heterocycles. The van der Waals surface area contributed by atoms with Crippen molar-refractivity contribution in [2.75, 3.05) is 7.05 Å². The Kier molecular flexibility index (Phi) is 5.57. The van der Waals surface area contributed by atoms with E-state index in [1.54, 1.807) is 11.9 Å². The fraction of sp³-hybridized carbons (Fsp3) is 0.0741. The van der Waals surface area contributed by atoms with E-state index < -0.39 is 0 Å². The highest BCUT2D eigenvalue weighted by Gasteiger charge is 2.11. The van der Waals surface area contributed by atoms with Gasteiger partial charge in [0.15, 0.2) is 0 Å². The average Bonchev–Trinajstić information content (AvgIpc) is 3.17. The molecule has 0 bridgehead atoms. The maximum Gasteiger partial charge on any atom is 0.0604 e. The molecule has 5 aromatic rings. The molecule has 3 nitrogen and oxygen atoms in total. The summed E-state index contributed by atoms with van der Waals surface area (Å²) in [5, 5.41) is 4.56. The Balaban J connectivity index is 1.53. The van der Waals surface area contributed by atoms with E-state index in [9.17, 15) is 0 Å². The lowest BCUT2D eigenvalue weighted by atomic mass is 9.99. The molecule has 0 spiro atoms. The minimum Gasteiger partial charge on any atom is -0.316 e. The SMILES string of the molecule is CNCc1cn(Sc2cccnc2)c2cc(-c3ccc(-c4ccccc4)cc3)ccc12. The number of hydrogen-bond donors (Lipinski definition) is 1. The van der Waals surface area contributed by atoms with Crippen LogP contribution in [-0.2, 0) is 6.54 Å². The normalized spacial score (nSPS) is 11.1. The molecule has 5 rings (SSSR count). The van der Waals surface area contributed by atoms with Crippen LogP contribution < -0.4 is 5.32 Å². The first-order chi connectivity index (χ1) is 15.3. The molecule has 0 aliphatic carbocycles. The van der Waals surface area contributed by atoms with Gasteiger partial charge in [0.05, 0.1) is 5.52 Å². The molecule has 0 aliphatic rings. The highest BCUT2D eigenvalue weighted by Crippen LogP contribution is 2.33. The standard InChI is InChI=1S/C27H23N3S/c1-28-17-24-19-30(31-25-8-5-15-29-18-25)27-16-23(13-14-26(24)27)22-11-9-21(10-12-22)20-6-3-2-4-7-20/h2-16,18-19,28H,17H2,1H3. The smallest absolute Gasteiger partial charge is 0.0604 e. The van der Waals surface area contributed by atoms with Crippen molar-refractivity contribution in [2.24, 2.45) is 0 Å². The molecule has 0 radical (unpaired) electrons. The van der Waals surface area contributed by atoms with Gasteiger partial charge in [0, 0.05) is 35.4 Å². The van der Waals surface area contributed by atoms with Crippen molar-refractivity contribution in [1.82, 2.24) is 14.3 Å². The van der Waals surface area contributed by atoms with E-state index in [1.807, 2.05) is 31.6 Å². The number of fused-ring (bicyclic) bond motifs is 1. The van der Waals surface area contributed by atoms with Crippen molar-refractivity contribution in [3.63, 3.8) is 0 Å². The molecular weight excluding hydrogens is 398 g/mol. The number of hydrogen-bond acceptors (Lipinski definition) is 3. The van der Waals surface area contributed by atoms with Crippen molar-refractivity contribution < 1.29 is 0 Å². The van der Waals surface area contributed by atoms with Gasteiger partial charge in [-0.15, -0.1) is 0 Å². The molecule has 31 heavy (non-hydrogen) atoms. The Morgan fingerprint density at radius 1 is 0.806 bits per heavy atom. The van der Waals surface area contributed by atoms with Gasteiger partial charge in [-0.1, -0.05) is 66.7 Å². The van der Waals surface area contributed by atoms with Crippen LogP contribution in [0, 0.1) is 0 Å². The third-order valence-electron chi connectivity index (χ3n) is 5.38. The molecule has 0 aliphatic heterocycles. The van der Waals surface area contributed by atoms with Crippen molar-refractivity contribution in [3.05, 3.63) is 109 Å². The maximum absolute atomic E-state index is 4.26. The van der Waals surface area contributed by atoms with Gasteiger partial charge in [-0.05, 0) is 65.0 Å². The zero-order valence-electron chi connectivity index (χ0n) is 17.3. The van der Waals surface area contributed by atoms with Gasteiger partial charge in [0.1, 0.15) is 0 Å². The summed E-state index contributed by atoms with van der Waals surface area (Å²) >= 11 is 1.69. The number of nitrogens with zero attached hydrogens (tertiary/aromatic N) is 2. The first-order valence-corrected chi connectivity index (χ1v) is 11.1. The molecule has 3 aromatic carbocycles. The van der Waals surface area contributed by atoms with Gasteiger partial charge < -0.3 is 5.32 Å². The molecule has 0 fully saturated rings. The molecule has 0 amide bonds. The zero-order chi connectivity index (χ0) is 21.0. The highest BCUT2D eigenvalue weighted by atomic mass is 32.2. The van der Waals surface area contributed by atoms with Crippen molar-refractivity contribution in [2.45, 2.75) is 11.4 Å². The van der Waals surface area contributed by atoms with Crippen LogP contribution in [0.5, 0.6) is 0 Å². The number of benzene rings is 3. The van der Waals surface area contributed by atoms with Crippen LogP contribution in [0.1, 0.15) is 5.56 Å². The van der Waals surface area contributed by atoms with E-state index >= 15 is 0 Å². The zero-order valence-corrected chi connectivity index (χ0v) is 18.1. The molecule has 4 heteroatoms. The molecule has 2 aromatic heterocycles. The summed E-state index contributed by atoms with van der Waals surface area (Å²) in [7, 11) is 1.99. The predicted octanol–water partition coefficient (Wildman–Crippen LogP) is 6.65. The number of pyridine rings is 1. The number of nitrogens with one attached hydrogen (secondary N) is 1. The van der Waals surface area contributed by atoms with Crippen LogP contribution in [0.4, 0.5) is 0 Å². The van der Waals surface area contributed by atoms with Crippen molar-refractivity contribution in [1.29, 1.82) is 0 Å². The van der Waals surface area contributed by atoms with Crippen LogP contribution in [0.25, 0.3) is 33.2 Å². The predicted molar refractivity (Wildman–Crippen MR) is 131 cm³/mol. The van der Waals surface area contributed by atoms with Crippen molar-refractivity contribution >= 4 is 22.9 Å². The molecule has 0 atom stereocenters. The van der Waals surface area contributed by atoms with Gasteiger partial charge in [-0.25, -0.2) is 0 Å². The van der Waals surface area contributed by atoms with Crippen LogP contribution in [0.2, 0.25) is 0 Å². The second-order valence-corrected chi connectivity index (χ2v) is 8.51. The lowest BCUT2D eigenvalue weighted by molar-refractivity contribution is 0.822. The Hall–Kier alpha value is -3.34. The first-order valence-electron chi connectivity index (χ1n) is 10.3. The van der Waals surface area contributed by atoms with E-state index in [0.29, 0.717) is 0 Å². The first kappa shape index (κ1) is 19.6. The van der Waals surface area contributed by atoms with E-state index in [0.717, 1.165) is 11.4 Å². The van der Waals surface area contributed by atoms with Gasteiger partial charge in [-0.3, -0.25) is 8.96 Å². The molecule has 152 valence electrons. The Morgan fingerprint density at radius 2 is 1.52 bits per heavy atom. The summed E-state index contributed by atoms with van der Waals surface area (Å²) in [6.45, 7) is 0.836. The summed E-state index contributed by atoms with van der Waals surface area (Å²) in [5.74, 6) is 0. The fourth-order valence-electron chi connectivity index (χ4n) is 3.85. The molecular formula is C27H23N3S. The third kappa shape index (κ3) is 4.13. The quantitative estimate of drug-likeness (QED) is 0.333. The summed E-state index contributed by atoms with van der Waals surface area (Å²) < 4.78 is 2.25. The van der Waals surface area contributed by atoms with Crippen molar-refractivity contribution in [3.8, 4) is 22.3 Å². The largest absolute Gasteiger partial charge is 0.316 e. The van der Waals surface area contributed by atoms with E-state index in [-0.39, 0.29) is 0 Å². The maximum atomic E-state index is 4.26. The van der Waals surface area contributed by atoms with Crippen LogP contribution in [-0.4, -0.2) is 16.0 Å². The molecule has 0 unspecified atom stereocenters. The van der Waals surface area contributed by atoms with Crippen LogP contribution >= 0.6 is 11.9 Å². The number of rotatable bonds is 6. The topological polar surface area (TPSA) is 29.9 Å². The summed E-state index contributed by atoms with van der Waals surface area (Å²) in [4.78, 5) is 5.37. The Labute approximate surface area is 186 Å². The highest BCUT2D eigenvalue weighted by molar-refractivity contribution is 7.98. The minimum atomic E-state index is 0.836. The number of aromatic nitrogens is 2. The summed E-state index contributed by atoms with van der Waals surface area (Å²) in [6, 6.07) is 30.1. The van der Waals surface area contributed by atoms with E-state index in [2.05, 4.69) is 93.3 Å². The van der Waals surface area contributed by atoms with Crippen LogP contribution in [0.3, 0.4) is 0 Å². The Morgan fingerprint density at radius 3 is 2.23 bits per heavy atom. The van der Waals surface area contributed by atoms with E-state index in [1.165, 1.54) is 38.7 Å².